The minimum atomic E-state index is 0.849. The normalized spacial score (nSPS) is 11.0. The van der Waals surface area contributed by atoms with Gasteiger partial charge >= 0.3 is 0 Å². The van der Waals surface area contributed by atoms with Crippen LogP contribution in [0.25, 0.3) is 0 Å². The van der Waals surface area contributed by atoms with Crippen molar-refractivity contribution in [1.82, 2.24) is 15.1 Å². The van der Waals surface area contributed by atoms with Crippen LogP contribution in [-0.4, -0.2) is 16.3 Å². The van der Waals surface area contributed by atoms with E-state index in [2.05, 4.69) is 62.0 Å². The second kappa shape index (κ2) is 6.71. The van der Waals surface area contributed by atoms with Gasteiger partial charge in [0.25, 0.3) is 0 Å². The standard InChI is InChI=1S/C17H25N3/c1-5-9-18-11-17-14(3)19-20(15(17)4)12-16-8-6-7-13(2)10-16/h6-8,10,18H,5,9,11-12H2,1-4H3. The lowest BCUT2D eigenvalue weighted by atomic mass is 10.1. The molecule has 0 radical (unpaired) electrons. The summed E-state index contributed by atoms with van der Waals surface area (Å²) in [6.07, 6.45) is 1.16. The Morgan fingerprint density at radius 3 is 2.70 bits per heavy atom. The molecule has 0 fully saturated rings. The first-order chi connectivity index (χ1) is 9.61. The molecular formula is C17H25N3. The SMILES string of the molecule is CCCNCc1c(C)nn(Cc2cccc(C)c2)c1C. The Bertz CT molecular complexity index is 570. The molecule has 1 aromatic carbocycles. The van der Waals surface area contributed by atoms with Gasteiger partial charge in [0.2, 0.25) is 0 Å². The van der Waals surface area contributed by atoms with Gasteiger partial charge in [0, 0.05) is 17.8 Å². The van der Waals surface area contributed by atoms with Crippen LogP contribution in [0.1, 0.15) is 41.4 Å². The van der Waals surface area contributed by atoms with Gasteiger partial charge in [0.05, 0.1) is 12.2 Å². The molecular weight excluding hydrogens is 246 g/mol. The lowest BCUT2D eigenvalue weighted by Gasteiger charge is -2.07. The van der Waals surface area contributed by atoms with Crippen molar-refractivity contribution in [2.24, 2.45) is 0 Å². The van der Waals surface area contributed by atoms with Crippen LogP contribution in [0.4, 0.5) is 0 Å². The Morgan fingerprint density at radius 2 is 2.00 bits per heavy atom. The zero-order valence-corrected chi connectivity index (χ0v) is 13.0. The fourth-order valence-corrected chi connectivity index (χ4v) is 2.52. The lowest BCUT2D eigenvalue weighted by molar-refractivity contribution is 0.650. The Morgan fingerprint density at radius 1 is 1.20 bits per heavy atom. The van der Waals surface area contributed by atoms with E-state index in [4.69, 9.17) is 5.10 Å². The molecule has 2 aromatic rings. The van der Waals surface area contributed by atoms with E-state index in [1.807, 2.05) is 0 Å². The molecule has 0 aliphatic rings. The van der Waals surface area contributed by atoms with Crippen LogP contribution in [-0.2, 0) is 13.1 Å². The predicted molar refractivity (Wildman–Crippen MR) is 84.0 cm³/mol. The molecule has 1 aromatic heterocycles. The molecule has 0 aliphatic carbocycles. The van der Waals surface area contributed by atoms with Crippen LogP contribution >= 0.6 is 0 Å². The Kier molecular flexibility index (Phi) is 4.96. The van der Waals surface area contributed by atoms with E-state index < -0.39 is 0 Å². The highest BCUT2D eigenvalue weighted by Crippen LogP contribution is 2.15. The van der Waals surface area contributed by atoms with E-state index in [-0.39, 0.29) is 0 Å². The molecule has 20 heavy (non-hydrogen) atoms. The number of nitrogens with zero attached hydrogens (tertiary/aromatic N) is 2. The van der Waals surface area contributed by atoms with Gasteiger partial charge in [-0.2, -0.15) is 5.10 Å². The number of rotatable bonds is 6. The Balaban J connectivity index is 2.15. The second-order valence-corrected chi connectivity index (χ2v) is 5.47. The summed E-state index contributed by atoms with van der Waals surface area (Å²) in [7, 11) is 0. The van der Waals surface area contributed by atoms with E-state index in [1.165, 1.54) is 22.4 Å². The van der Waals surface area contributed by atoms with Crippen molar-refractivity contribution in [3.05, 3.63) is 52.3 Å². The summed E-state index contributed by atoms with van der Waals surface area (Å²) >= 11 is 0. The molecule has 108 valence electrons. The minimum absolute atomic E-state index is 0.849. The van der Waals surface area contributed by atoms with E-state index >= 15 is 0 Å². The molecule has 1 heterocycles. The van der Waals surface area contributed by atoms with Crippen molar-refractivity contribution < 1.29 is 0 Å². The van der Waals surface area contributed by atoms with Gasteiger partial charge in [-0.05, 0) is 39.3 Å². The first kappa shape index (κ1) is 14.8. The van der Waals surface area contributed by atoms with Gasteiger partial charge in [-0.3, -0.25) is 4.68 Å². The fraction of sp³-hybridized carbons (Fsp3) is 0.471. The van der Waals surface area contributed by atoms with Crippen LogP contribution in [0, 0.1) is 20.8 Å². The van der Waals surface area contributed by atoms with Crippen molar-refractivity contribution in [3.8, 4) is 0 Å². The van der Waals surface area contributed by atoms with Crippen molar-refractivity contribution in [3.63, 3.8) is 0 Å². The summed E-state index contributed by atoms with van der Waals surface area (Å²) in [5.41, 5.74) is 6.36. The topological polar surface area (TPSA) is 29.9 Å². The molecule has 0 aliphatic heterocycles. The quantitative estimate of drug-likeness (QED) is 0.817. The molecule has 0 saturated carbocycles. The summed E-state index contributed by atoms with van der Waals surface area (Å²) in [6, 6.07) is 8.63. The van der Waals surface area contributed by atoms with E-state index in [0.717, 1.165) is 31.7 Å². The van der Waals surface area contributed by atoms with Crippen LogP contribution in [0.5, 0.6) is 0 Å². The number of nitrogens with one attached hydrogen (secondary N) is 1. The third-order valence-corrected chi connectivity index (χ3v) is 3.67. The summed E-state index contributed by atoms with van der Waals surface area (Å²) in [5.74, 6) is 0. The molecule has 0 atom stereocenters. The monoisotopic (exact) mass is 271 g/mol. The van der Waals surface area contributed by atoms with Gasteiger partial charge in [-0.25, -0.2) is 0 Å². The molecule has 1 N–H and O–H groups in total. The first-order valence-electron chi connectivity index (χ1n) is 7.41. The van der Waals surface area contributed by atoms with Gasteiger partial charge in [-0.15, -0.1) is 0 Å². The van der Waals surface area contributed by atoms with E-state index in [9.17, 15) is 0 Å². The van der Waals surface area contributed by atoms with Gasteiger partial charge in [-0.1, -0.05) is 36.8 Å². The van der Waals surface area contributed by atoms with Crippen LogP contribution in [0.3, 0.4) is 0 Å². The summed E-state index contributed by atoms with van der Waals surface area (Å²) < 4.78 is 2.12. The Labute approximate surface area is 122 Å². The average Bonchev–Trinajstić information content (AvgIpc) is 2.66. The van der Waals surface area contributed by atoms with E-state index in [0.29, 0.717) is 0 Å². The summed E-state index contributed by atoms with van der Waals surface area (Å²) in [4.78, 5) is 0. The lowest BCUT2D eigenvalue weighted by Crippen LogP contribution is -2.15. The summed E-state index contributed by atoms with van der Waals surface area (Å²) in [5, 5.41) is 8.16. The smallest absolute Gasteiger partial charge is 0.0662 e. The average molecular weight is 271 g/mol. The zero-order valence-electron chi connectivity index (χ0n) is 13.0. The fourth-order valence-electron chi connectivity index (χ4n) is 2.52. The number of aromatic nitrogens is 2. The maximum absolute atomic E-state index is 4.69. The third kappa shape index (κ3) is 3.48. The molecule has 0 unspecified atom stereocenters. The van der Waals surface area contributed by atoms with Crippen LogP contribution in [0.2, 0.25) is 0 Å². The molecule has 3 nitrogen and oxygen atoms in total. The van der Waals surface area contributed by atoms with Crippen molar-refractivity contribution in [1.29, 1.82) is 0 Å². The van der Waals surface area contributed by atoms with E-state index in [1.54, 1.807) is 0 Å². The highest BCUT2D eigenvalue weighted by molar-refractivity contribution is 5.27. The van der Waals surface area contributed by atoms with Crippen LogP contribution in [0.15, 0.2) is 24.3 Å². The predicted octanol–water partition coefficient (Wildman–Crippen LogP) is 3.36. The molecule has 0 spiro atoms. The highest BCUT2D eigenvalue weighted by Gasteiger charge is 2.11. The maximum atomic E-state index is 4.69. The first-order valence-corrected chi connectivity index (χ1v) is 7.41. The van der Waals surface area contributed by atoms with Crippen molar-refractivity contribution in [2.45, 2.75) is 47.2 Å². The molecule has 3 heteroatoms. The van der Waals surface area contributed by atoms with Gasteiger partial charge in [0.1, 0.15) is 0 Å². The molecule has 0 saturated heterocycles. The third-order valence-electron chi connectivity index (χ3n) is 3.67. The van der Waals surface area contributed by atoms with Crippen molar-refractivity contribution >= 4 is 0 Å². The van der Waals surface area contributed by atoms with Gasteiger partial charge in [0.15, 0.2) is 0 Å². The molecule has 0 amide bonds. The number of hydrogen-bond acceptors (Lipinski definition) is 2. The molecule has 0 bridgehead atoms. The number of benzene rings is 1. The number of aryl methyl sites for hydroxylation is 2. The van der Waals surface area contributed by atoms with Crippen LogP contribution < -0.4 is 5.32 Å². The summed E-state index contributed by atoms with van der Waals surface area (Å²) in [6.45, 7) is 11.4. The second-order valence-electron chi connectivity index (χ2n) is 5.47. The number of hydrogen-bond donors (Lipinski definition) is 1. The van der Waals surface area contributed by atoms with Crippen molar-refractivity contribution in [2.75, 3.05) is 6.54 Å². The highest BCUT2D eigenvalue weighted by atomic mass is 15.3. The largest absolute Gasteiger partial charge is 0.313 e. The van der Waals surface area contributed by atoms with Gasteiger partial charge < -0.3 is 5.32 Å². The molecule has 2 rings (SSSR count). The maximum Gasteiger partial charge on any atom is 0.0662 e. The minimum Gasteiger partial charge on any atom is -0.313 e. The zero-order chi connectivity index (χ0) is 14.5. The Hall–Kier alpha value is -1.61.